The van der Waals surface area contributed by atoms with Crippen LogP contribution in [0.2, 0.25) is 5.02 Å². The number of halogens is 5. The first-order valence-corrected chi connectivity index (χ1v) is 13.1. The molecule has 0 radical (unpaired) electrons. The molecule has 5 rings (SSSR count). The summed E-state index contributed by atoms with van der Waals surface area (Å²) in [5.74, 6) is -0.208. The molecule has 3 aromatic carbocycles. The molecule has 9 nitrogen and oxygen atoms in total. The fourth-order valence-electron chi connectivity index (χ4n) is 3.79. The van der Waals surface area contributed by atoms with Crippen LogP contribution in [-0.4, -0.2) is 27.8 Å². The van der Waals surface area contributed by atoms with E-state index < -0.39 is 39.2 Å². The van der Waals surface area contributed by atoms with Gasteiger partial charge >= 0.3 is 11.9 Å². The smallest absolute Gasteiger partial charge is 0.416 e. The Labute approximate surface area is 240 Å². The maximum Gasteiger partial charge on any atom is 0.416 e. The van der Waals surface area contributed by atoms with E-state index in [2.05, 4.69) is 15.9 Å². The van der Waals surface area contributed by atoms with Crippen molar-refractivity contribution in [3.05, 3.63) is 89.7 Å². The molecule has 0 bridgehead atoms. The number of hydrogen-bond acceptors (Lipinski definition) is 8. The average Bonchev–Trinajstić information content (AvgIpc) is 3.44. The number of carbonyl (C=O) groups is 2. The molecular weight excluding hydrogens is 645 g/mol. The molecule has 2 heterocycles. The molecule has 3 aromatic rings. The number of nitrogens with zero attached hydrogens (tertiary/aromatic N) is 2. The van der Waals surface area contributed by atoms with Crippen LogP contribution in [0.1, 0.15) is 16.7 Å². The van der Waals surface area contributed by atoms with Crippen LogP contribution in [0.25, 0.3) is 6.08 Å². The minimum atomic E-state index is -4.79. The quantitative estimate of drug-likeness (QED) is 0.150. The number of alkyl halides is 3. The molecule has 0 saturated carbocycles. The van der Waals surface area contributed by atoms with Crippen molar-refractivity contribution in [3.8, 4) is 23.0 Å². The van der Waals surface area contributed by atoms with Gasteiger partial charge in [0.05, 0.1) is 21.9 Å². The van der Waals surface area contributed by atoms with Gasteiger partial charge < -0.3 is 14.2 Å². The van der Waals surface area contributed by atoms with Crippen LogP contribution >= 0.6 is 39.3 Å². The van der Waals surface area contributed by atoms with E-state index in [1.54, 1.807) is 6.07 Å². The van der Waals surface area contributed by atoms with E-state index in [1.807, 2.05) is 0 Å². The first-order valence-electron chi connectivity index (χ1n) is 11.1. The van der Waals surface area contributed by atoms with E-state index in [9.17, 15) is 32.9 Å². The van der Waals surface area contributed by atoms with Gasteiger partial charge in [-0.2, -0.15) is 13.2 Å². The summed E-state index contributed by atoms with van der Waals surface area (Å²) >= 11 is 10.2. The second-order valence-electron chi connectivity index (χ2n) is 8.29. The van der Waals surface area contributed by atoms with Crippen molar-refractivity contribution in [1.29, 1.82) is 0 Å². The second kappa shape index (κ2) is 10.7. The second-order valence-corrected chi connectivity index (χ2v) is 10.6. The van der Waals surface area contributed by atoms with Gasteiger partial charge in [-0.1, -0.05) is 27.5 Å². The van der Waals surface area contributed by atoms with Crippen molar-refractivity contribution in [3.63, 3.8) is 0 Å². The molecule has 2 aliphatic heterocycles. The van der Waals surface area contributed by atoms with E-state index in [0.717, 1.165) is 11.0 Å². The molecule has 2 amide bonds. The van der Waals surface area contributed by atoms with Crippen molar-refractivity contribution in [2.45, 2.75) is 12.7 Å². The zero-order valence-electron chi connectivity index (χ0n) is 19.7. The predicted molar refractivity (Wildman–Crippen MR) is 141 cm³/mol. The number of hydrogen-bond donors (Lipinski definition) is 0. The molecule has 0 atom stereocenters. The van der Waals surface area contributed by atoms with E-state index in [0.29, 0.717) is 45.4 Å². The molecule has 2 aliphatic rings. The fraction of sp³-hybridized carbons (Fsp3) is 0.120. The molecular formula is C25H13BrClF3N2O7S. The lowest BCUT2D eigenvalue weighted by atomic mass is 10.1. The number of carbonyl (C=O) groups excluding carboxylic acids is 2. The Morgan fingerprint density at radius 3 is 2.50 bits per heavy atom. The summed E-state index contributed by atoms with van der Waals surface area (Å²) in [6.45, 7) is -0.122. The largest absolute Gasteiger partial charge is 0.454 e. The number of imide groups is 1. The lowest BCUT2D eigenvalue weighted by molar-refractivity contribution is -0.385. The lowest BCUT2D eigenvalue weighted by Crippen LogP contribution is -2.27. The minimum Gasteiger partial charge on any atom is -0.454 e. The number of rotatable bonds is 6. The fourth-order valence-corrected chi connectivity index (χ4v) is 5.22. The lowest BCUT2D eigenvalue weighted by Gasteiger charge is -2.14. The van der Waals surface area contributed by atoms with Crippen LogP contribution in [0.5, 0.6) is 23.0 Å². The molecule has 206 valence electrons. The highest BCUT2D eigenvalue weighted by Crippen LogP contribution is 2.42. The molecule has 1 saturated heterocycles. The monoisotopic (exact) mass is 656 g/mol. The van der Waals surface area contributed by atoms with E-state index in [4.69, 9.17) is 25.8 Å². The third-order valence-electron chi connectivity index (χ3n) is 5.70. The van der Waals surface area contributed by atoms with Crippen LogP contribution in [-0.2, 0) is 17.5 Å². The highest BCUT2D eigenvalue weighted by molar-refractivity contribution is 9.10. The Morgan fingerprint density at radius 1 is 1.10 bits per heavy atom. The third kappa shape index (κ3) is 5.60. The van der Waals surface area contributed by atoms with Gasteiger partial charge in [0, 0.05) is 27.2 Å². The highest BCUT2D eigenvalue weighted by Gasteiger charge is 2.36. The van der Waals surface area contributed by atoms with Gasteiger partial charge in [0.1, 0.15) is 5.75 Å². The van der Waals surface area contributed by atoms with Crippen molar-refractivity contribution in [2.24, 2.45) is 0 Å². The molecule has 0 unspecified atom stereocenters. The molecule has 40 heavy (non-hydrogen) atoms. The summed E-state index contributed by atoms with van der Waals surface area (Å²) < 4.78 is 56.0. The zero-order valence-corrected chi connectivity index (χ0v) is 22.8. The van der Waals surface area contributed by atoms with Gasteiger partial charge in [-0.15, -0.1) is 0 Å². The van der Waals surface area contributed by atoms with Crippen molar-refractivity contribution in [1.82, 2.24) is 4.90 Å². The molecule has 1 fully saturated rings. The SMILES string of the molecule is O=C1S/C(=C\c2cc(Br)ccc2Oc2ccc(C(F)(F)F)cc2[N+](=O)[O-])C(=O)N1Cc1cc2c(cc1Cl)OCO2. The number of fused-ring (bicyclic) bond motifs is 1. The van der Waals surface area contributed by atoms with Crippen molar-refractivity contribution in [2.75, 3.05) is 6.79 Å². The first kappa shape index (κ1) is 27.8. The number of nitro groups is 1. The normalized spacial score (nSPS) is 15.7. The van der Waals surface area contributed by atoms with Gasteiger partial charge in [-0.05, 0) is 59.8 Å². The summed E-state index contributed by atoms with van der Waals surface area (Å²) in [4.78, 5) is 37.4. The maximum atomic E-state index is 13.2. The van der Waals surface area contributed by atoms with Crippen molar-refractivity contribution < 1.29 is 41.9 Å². The van der Waals surface area contributed by atoms with Crippen LogP contribution in [0.15, 0.2) is 57.9 Å². The highest BCUT2D eigenvalue weighted by atomic mass is 79.9. The molecule has 15 heteroatoms. The standard InChI is InChI=1S/C25H13BrClF3N2O7S/c26-15-2-4-18(39-19-3-1-14(25(28,29)30)8-17(19)32(35)36)12(5-15)7-22-23(33)31(24(34)40-22)10-13-6-20-21(9-16(13)27)38-11-37-20/h1-9H,10-11H2/b22-7-. The van der Waals surface area contributed by atoms with E-state index >= 15 is 0 Å². The minimum absolute atomic E-state index is 0.00308. The Bertz CT molecular complexity index is 1620. The molecule has 0 spiro atoms. The van der Waals surface area contributed by atoms with Gasteiger partial charge in [0.25, 0.3) is 11.1 Å². The van der Waals surface area contributed by atoms with Crippen LogP contribution < -0.4 is 14.2 Å². The summed E-state index contributed by atoms with van der Waals surface area (Å²) in [5.41, 5.74) is -1.42. The Balaban J connectivity index is 1.44. The van der Waals surface area contributed by atoms with Gasteiger partial charge in [-0.25, -0.2) is 0 Å². The molecule has 0 aliphatic carbocycles. The average molecular weight is 658 g/mol. The number of amides is 2. The van der Waals surface area contributed by atoms with E-state index in [1.165, 1.54) is 30.3 Å². The number of ether oxygens (including phenoxy) is 3. The summed E-state index contributed by atoms with van der Waals surface area (Å²) in [6, 6.07) is 9.45. The van der Waals surface area contributed by atoms with E-state index in [-0.39, 0.29) is 34.6 Å². The zero-order chi connectivity index (χ0) is 28.8. The summed E-state index contributed by atoms with van der Waals surface area (Å²) in [6.07, 6.45) is -3.44. The van der Waals surface area contributed by atoms with Crippen molar-refractivity contribution >= 4 is 62.2 Å². The van der Waals surface area contributed by atoms with Crippen LogP contribution in [0.4, 0.5) is 23.7 Å². The first-order chi connectivity index (χ1) is 18.9. The van der Waals surface area contributed by atoms with Gasteiger partial charge in [0.15, 0.2) is 11.5 Å². The number of benzene rings is 3. The molecule has 0 N–H and O–H groups in total. The Kier molecular flexibility index (Phi) is 7.42. The van der Waals surface area contributed by atoms with Gasteiger partial charge in [0.2, 0.25) is 12.5 Å². The maximum absolute atomic E-state index is 13.2. The predicted octanol–water partition coefficient (Wildman–Crippen LogP) is 7.79. The summed E-state index contributed by atoms with van der Waals surface area (Å²) in [7, 11) is 0. The molecule has 0 aromatic heterocycles. The number of thioether (sulfide) groups is 1. The third-order valence-corrected chi connectivity index (χ3v) is 7.46. The summed E-state index contributed by atoms with van der Waals surface area (Å²) in [5, 5.41) is 11.2. The Hall–Kier alpha value is -3.75. The van der Waals surface area contributed by atoms with Crippen LogP contribution in [0, 0.1) is 10.1 Å². The number of nitro benzene ring substituents is 1. The van der Waals surface area contributed by atoms with Gasteiger partial charge in [-0.3, -0.25) is 24.6 Å². The Morgan fingerprint density at radius 2 is 1.80 bits per heavy atom. The van der Waals surface area contributed by atoms with Crippen LogP contribution in [0.3, 0.4) is 0 Å². The topological polar surface area (TPSA) is 108 Å².